The molecule has 2 saturated heterocycles. The Labute approximate surface area is 130 Å². The molecule has 0 radical (unpaired) electrons. The van der Waals surface area contributed by atoms with Crippen molar-refractivity contribution in [2.75, 3.05) is 45.9 Å². The molecule has 7 nitrogen and oxygen atoms in total. The zero-order valence-electron chi connectivity index (χ0n) is 13.2. The van der Waals surface area contributed by atoms with Gasteiger partial charge in [-0.15, -0.1) is 0 Å². The van der Waals surface area contributed by atoms with Gasteiger partial charge in [0.2, 0.25) is 11.8 Å². The van der Waals surface area contributed by atoms with E-state index < -0.39 is 0 Å². The molecule has 0 bridgehead atoms. The van der Waals surface area contributed by atoms with Crippen LogP contribution in [0.25, 0.3) is 0 Å². The average molecular weight is 308 g/mol. The summed E-state index contributed by atoms with van der Waals surface area (Å²) in [6.07, 6.45) is 2.38. The summed E-state index contributed by atoms with van der Waals surface area (Å²) in [7, 11) is 0. The Bertz CT molecular complexity index is 499. The van der Waals surface area contributed by atoms with Gasteiger partial charge in [0.1, 0.15) is 0 Å². The zero-order chi connectivity index (χ0) is 15.4. The number of aryl methyl sites for hydroxylation is 1. The molecule has 0 unspecified atom stereocenters. The van der Waals surface area contributed by atoms with Crippen LogP contribution in [0.3, 0.4) is 0 Å². The van der Waals surface area contributed by atoms with Crippen LogP contribution in [-0.2, 0) is 9.53 Å². The highest BCUT2D eigenvalue weighted by Gasteiger charge is 2.29. The van der Waals surface area contributed by atoms with E-state index in [0.29, 0.717) is 24.7 Å². The third-order valence-corrected chi connectivity index (χ3v) is 4.40. The van der Waals surface area contributed by atoms with Gasteiger partial charge in [-0.2, -0.15) is 4.98 Å². The highest BCUT2D eigenvalue weighted by molar-refractivity contribution is 5.77. The molecule has 2 aliphatic rings. The number of carbonyl (C=O) groups excluding carboxylic acids is 1. The van der Waals surface area contributed by atoms with Crippen LogP contribution in [0.4, 0.5) is 0 Å². The lowest BCUT2D eigenvalue weighted by Crippen LogP contribution is -2.42. The van der Waals surface area contributed by atoms with Gasteiger partial charge in [-0.3, -0.25) is 9.69 Å². The van der Waals surface area contributed by atoms with Crippen molar-refractivity contribution in [1.29, 1.82) is 0 Å². The van der Waals surface area contributed by atoms with Crippen molar-refractivity contribution in [3.05, 3.63) is 11.7 Å². The van der Waals surface area contributed by atoms with Crippen LogP contribution in [0.1, 0.15) is 36.9 Å². The summed E-state index contributed by atoms with van der Waals surface area (Å²) in [6, 6.07) is 0. The maximum atomic E-state index is 12.1. The van der Waals surface area contributed by atoms with E-state index in [9.17, 15) is 4.79 Å². The lowest BCUT2D eigenvalue weighted by molar-refractivity contribution is -0.134. The van der Waals surface area contributed by atoms with Gasteiger partial charge in [0.15, 0.2) is 5.82 Å². The van der Waals surface area contributed by atoms with Gasteiger partial charge in [0.25, 0.3) is 0 Å². The smallest absolute Gasteiger partial charge is 0.231 e. The van der Waals surface area contributed by atoms with Crippen molar-refractivity contribution in [2.24, 2.45) is 0 Å². The van der Waals surface area contributed by atoms with Crippen LogP contribution < -0.4 is 0 Å². The molecule has 0 aliphatic carbocycles. The first-order valence-electron chi connectivity index (χ1n) is 8.10. The summed E-state index contributed by atoms with van der Waals surface area (Å²) in [5.41, 5.74) is 0. The minimum Gasteiger partial charge on any atom is -0.379 e. The second kappa shape index (κ2) is 7.19. The van der Waals surface area contributed by atoms with Crippen LogP contribution in [0.5, 0.6) is 0 Å². The van der Waals surface area contributed by atoms with Crippen LogP contribution in [0.15, 0.2) is 4.52 Å². The second-order valence-corrected chi connectivity index (χ2v) is 6.06. The monoisotopic (exact) mass is 308 g/mol. The van der Waals surface area contributed by atoms with Crippen molar-refractivity contribution in [1.82, 2.24) is 19.9 Å². The van der Waals surface area contributed by atoms with E-state index in [0.717, 1.165) is 52.2 Å². The molecule has 0 saturated carbocycles. The topological polar surface area (TPSA) is 71.7 Å². The first kappa shape index (κ1) is 15.4. The Kier molecular flexibility index (Phi) is 5.04. The first-order chi connectivity index (χ1) is 10.7. The fourth-order valence-electron chi connectivity index (χ4n) is 3.12. The maximum absolute atomic E-state index is 12.1. The van der Waals surface area contributed by atoms with Crippen molar-refractivity contribution in [3.63, 3.8) is 0 Å². The number of hydrogen-bond donors (Lipinski definition) is 0. The van der Waals surface area contributed by atoms with Crippen LogP contribution >= 0.6 is 0 Å². The van der Waals surface area contributed by atoms with E-state index in [1.807, 2.05) is 11.8 Å². The second-order valence-electron chi connectivity index (χ2n) is 6.06. The summed E-state index contributed by atoms with van der Waals surface area (Å²) in [5, 5.41) is 3.85. The Morgan fingerprint density at radius 1 is 1.27 bits per heavy atom. The molecule has 1 aromatic heterocycles. The fraction of sp³-hybridized carbons (Fsp3) is 0.800. The number of piperidine rings is 1. The molecule has 3 heterocycles. The van der Waals surface area contributed by atoms with Crippen molar-refractivity contribution in [2.45, 2.75) is 32.1 Å². The van der Waals surface area contributed by atoms with Crippen molar-refractivity contribution >= 4 is 5.91 Å². The molecule has 22 heavy (non-hydrogen) atoms. The van der Waals surface area contributed by atoms with Gasteiger partial charge in [0, 0.05) is 39.1 Å². The fourth-order valence-corrected chi connectivity index (χ4v) is 3.12. The van der Waals surface area contributed by atoms with Gasteiger partial charge in [0.05, 0.1) is 19.1 Å². The lowest BCUT2D eigenvalue weighted by Gasteiger charge is -2.32. The van der Waals surface area contributed by atoms with E-state index >= 15 is 0 Å². The highest BCUT2D eigenvalue weighted by atomic mass is 16.5. The zero-order valence-corrected chi connectivity index (χ0v) is 13.2. The molecule has 2 aliphatic heterocycles. The predicted molar refractivity (Wildman–Crippen MR) is 79.5 cm³/mol. The van der Waals surface area contributed by atoms with Crippen LogP contribution in [0.2, 0.25) is 0 Å². The molecule has 122 valence electrons. The van der Waals surface area contributed by atoms with Crippen molar-refractivity contribution in [3.8, 4) is 0 Å². The molecular weight excluding hydrogens is 284 g/mol. The van der Waals surface area contributed by atoms with Gasteiger partial charge in [-0.1, -0.05) is 5.16 Å². The number of amides is 1. The summed E-state index contributed by atoms with van der Waals surface area (Å²) < 4.78 is 10.6. The highest BCUT2D eigenvalue weighted by Crippen LogP contribution is 2.26. The molecule has 7 heteroatoms. The van der Waals surface area contributed by atoms with Gasteiger partial charge in [-0.05, 0) is 19.8 Å². The average Bonchev–Trinajstić information content (AvgIpc) is 2.97. The van der Waals surface area contributed by atoms with Crippen LogP contribution in [0, 0.1) is 6.92 Å². The number of carbonyl (C=O) groups is 1. The Balaban J connectivity index is 1.47. The number of likely N-dealkylation sites (tertiary alicyclic amines) is 1. The molecule has 0 spiro atoms. The van der Waals surface area contributed by atoms with E-state index in [-0.39, 0.29) is 11.8 Å². The first-order valence-corrected chi connectivity index (χ1v) is 8.10. The molecule has 1 amide bonds. The predicted octanol–water partition coefficient (Wildman–Crippen LogP) is 0.806. The number of rotatable bonds is 5. The van der Waals surface area contributed by atoms with E-state index in [1.54, 1.807) is 0 Å². The summed E-state index contributed by atoms with van der Waals surface area (Å²) in [6.45, 7) is 7.99. The summed E-state index contributed by atoms with van der Waals surface area (Å²) in [5.74, 6) is 1.76. The number of nitrogens with zero attached hydrogens (tertiary/aromatic N) is 4. The molecule has 1 atom stereocenters. The van der Waals surface area contributed by atoms with E-state index in [2.05, 4.69) is 15.0 Å². The number of aromatic nitrogens is 2. The van der Waals surface area contributed by atoms with Gasteiger partial charge in [-0.25, -0.2) is 0 Å². The third-order valence-electron chi connectivity index (χ3n) is 4.40. The van der Waals surface area contributed by atoms with Crippen molar-refractivity contribution < 1.29 is 14.1 Å². The standard InChI is InChI=1S/C15H24N4O3/c1-12-16-15(22-17-12)13-3-4-14(20)19(11-13)6-2-5-18-7-9-21-10-8-18/h13H,2-11H2,1H3/t13-/m1/s1. The van der Waals surface area contributed by atoms with E-state index in [1.165, 1.54) is 0 Å². The Hall–Kier alpha value is -1.47. The minimum atomic E-state index is 0.183. The SMILES string of the molecule is Cc1noc([C@@H]2CCC(=O)N(CCCN3CCOCC3)C2)n1. The quantitative estimate of drug-likeness (QED) is 0.801. The summed E-state index contributed by atoms with van der Waals surface area (Å²) >= 11 is 0. The van der Waals surface area contributed by atoms with Gasteiger partial charge >= 0.3 is 0 Å². The molecule has 0 N–H and O–H groups in total. The largest absolute Gasteiger partial charge is 0.379 e. The minimum absolute atomic E-state index is 0.183. The molecule has 2 fully saturated rings. The lowest BCUT2D eigenvalue weighted by atomic mass is 9.97. The normalized spacial score (nSPS) is 24.0. The maximum Gasteiger partial charge on any atom is 0.231 e. The molecular formula is C15H24N4O3. The van der Waals surface area contributed by atoms with Gasteiger partial charge < -0.3 is 14.2 Å². The number of hydrogen-bond acceptors (Lipinski definition) is 6. The Morgan fingerprint density at radius 3 is 2.82 bits per heavy atom. The number of morpholine rings is 1. The molecule has 1 aromatic rings. The number of ether oxygens (including phenoxy) is 1. The molecule has 0 aromatic carbocycles. The molecule has 3 rings (SSSR count). The van der Waals surface area contributed by atoms with E-state index in [4.69, 9.17) is 9.26 Å². The van der Waals surface area contributed by atoms with Crippen LogP contribution in [-0.4, -0.2) is 71.8 Å². The Morgan fingerprint density at radius 2 is 2.09 bits per heavy atom. The third kappa shape index (κ3) is 3.84. The summed E-state index contributed by atoms with van der Waals surface area (Å²) in [4.78, 5) is 20.7.